The number of hydrogen-bond acceptors (Lipinski definition) is 4. The van der Waals surface area contributed by atoms with Crippen molar-refractivity contribution in [3.63, 3.8) is 0 Å². The molecule has 0 spiro atoms. The van der Waals surface area contributed by atoms with Crippen LogP contribution in [0.3, 0.4) is 0 Å². The second-order valence-corrected chi connectivity index (χ2v) is 5.32. The second-order valence-electron chi connectivity index (χ2n) is 5.32. The fourth-order valence-corrected chi connectivity index (χ4v) is 2.35. The Bertz CT molecular complexity index is 459. The zero-order chi connectivity index (χ0) is 15.8. The molecular formula is C16H27N3O2. The number of benzene rings is 1. The lowest BCUT2D eigenvalue weighted by atomic mass is 10.1. The summed E-state index contributed by atoms with van der Waals surface area (Å²) in [5.74, 6) is -0.995. The minimum atomic E-state index is -0.995. The number of nitrogen functional groups attached to an aromatic ring is 1. The van der Waals surface area contributed by atoms with Crippen molar-refractivity contribution in [3.8, 4) is 0 Å². The predicted molar refractivity (Wildman–Crippen MR) is 87.9 cm³/mol. The molecule has 0 aliphatic heterocycles. The van der Waals surface area contributed by atoms with Gasteiger partial charge in [-0.2, -0.15) is 0 Å². The Morgan fingerprint density at radius 2 is 2.05 bits per heavy atom. The highest BCUT2D eigenvalue weighted by atomic mass is 16.4. The maximum atomic E-state index is 11.1. The van der Waals surface area contributed by atoms with Crippen LogP contribution < -0.4 is 11.1 Å². The third-order valence-electron chi connectivity index (χ3n) is 3.70. The Morgan fingerprint density at radius 1 is 1.38 bits per heavy atom. The number of nitrogens with one attached hydrogen (secondary N) is 1. The smallest absolute Gasteiger partial charge is 0.337 e. The molecule has 0 fully saturated rings. The van der Waals surface area contributed by atoms with E-state index in [1.807, 2.05) is 6.07 Å². The standard InChI is InChI=1S/C16H27N3O2/c1-4-19(5-2)10-6-7-12(3)18-13-8-9-15(17)14(11-13)16(20)21/h8-9,11-12,18H,4-7,10,17H2,1-3H3,(H,20,21). The summed E-state index contributed by atoms with van der Waals surface area (Å²) < 4.78 is 0. The van der Waals surface area contributed by atoms with Crippen molar-refractivity contribution in [2.75, 3.05) is 30.7 Å². The number of carbonyl (C=O) groups is 1. The molecule has 0 aromatic heterocycles. The van der Waals surface area contributed by atoms with Crippen LogP contribution in [0.4, 0.5) is 11.4 Å². The van der Waals surface area contributed by atoms with E-state index >= 15 is 0 Å². The molecule has 0 aliphatic carbocycles. The number of hydrogen-bond donors (Lipinski definition) is 3. The van der Waals surface area contributed by atoms with E-state index in [1.165, 1.54) is 0 Å². The Kier molecular flexibility index (Phi) is 7.02. The largest absolute Gasteiger partial charge is 0.478 e. The molecule has 1 rings (SSSR count). The molecule has 1 atom stereocenters. The van der Waals surface area contributed by atoms with E-state index in [9.17, 15) is 4.79 Å². The van der Waals surface area contributed by atoms with Crippen molar-refractivity contribution in [1.82, 2.24) is 4.90 Å². The normalized spacial score (nSPS) is 12.4. The first-order chi connectivity index (χ1) is 9.97. The van der Waals surface area contributed by atoms with E-state index in [2.05, 4.69) is 31.0 Å². The molecule has 0 saturated heterocycles. The van der Waals surface area contributed by atoms with E-state index in [1.54, 1.807) is 12.1 Å². The molecule has 0 aliphatic rings. The summed E-state index contributed by atoms with van der Waals surface area (Å²) >= 11 is 0. The molecule has 1 aromatic rings. The Balaban J connectivity index is 2.49. The number of aromatic carboxylic acids is 1. The maximum absolute atomic E-state index is 11.1. The molecule has 0 radical (unpaired) electrons. The molecule has 21 heavy (non-hydrogen) atoms. The van der Waals surface area contributed by atoms with Gasteiger partial charge in [-0.15, -0.1) is 0 Å². The minimum absolute atomic E-state index is 0.148. The highest BCUT2D eigenvalue weighted by Crippen LogP contribution is 2.19. The average molecular weight is 293 g/mol. The number of nitrogens with two attached hydrogens (primary N) is 1. The van der Waals surface area contributed by atoms with Gasteiger partial charge in [0, 0.05) is 17.4 Å². The van der Waals surface area contributed by atoms with E-state index in [0.29, 0.717) is 11.7 Å². The van der Waals surface area contributed by atoms with Gasteiger partial charge < -0.3 is 21.1 Å². The lowest BCUT2D eigenvalue weighted by Gasteiger charge is -2.20. The van der Waals surface area contributed by atoms with Crippen molar-refractivity contribution in [3.05, 3.63) is 23.8 Å². The maximum Gasteiger partial charge on any atom is 0.337 e. The van der Waals surface area contributed by atoms with Crippen molar-refractivity contribution in [1.29, 1.82) is 0 Å². The van der Waals surface area contributed by atoms with Crippen LogP contribution in [0.15, 0.2) is 18.2 Å². The lowest BCUT2D eigenvalue weighted by Crippen LogP contribution is -2.25. The van der Waals surface area contributed by atoms with E-state index in [0.717, 1.165) is 38.2 Å². The van der Waals surface area contributed by atoms with Crippen LogP contribution in [-0.4, -0.2) is 41.7 Å². The highest BCUT2D eigenvalue weighted by molar-refractivity contribution is 5.94. The molecular weight excluding hydrogens is 266 g/mol. The number of anilines is 2. The van der Waals surface area contributed by atoms with Crippen LogP contribution in [0.5, 0.6) is 0 Å². The lowest BCUT2D eigenvalue weighted by molar-refractivity contribution is 0.0698. The van der Waals surface area contributed by atoms with Crippen molar-refractivity contribution in [2.45, 2.75) is 39.7 Å². The van der Waals surface area contributed by atoms with Crippen LogP contribution in [0.1, 0.15) is 44.0 Å². The van der Waals surface area contributed by atoms with Gasteiger partial charge in [0.25, 0.3) is 0 Å². The molecule has 5 nitrogen and oxygen atoms in total. The quantitative estimate of drug-likeness (QED) is 0.610. The van der Waals surface area contributed by atoms with Gasteiger partial charge in [0.05, 0.1) is 5.56 Å². The van der Waals surface area contributed by atoms with E-state index < -0.39 is 5.97 Å². The monoisotopic (exact) mass is 293 g/mol. The first kappa shape index (κ1) is 17.3. The molecule has 5 heteroatoms. The highest BCUT2D eigenvalue weighted by Gasteiger charge is 2.10. The van der Waals surface area contributed by atoms with Gasteiger partial charge in [-0.1, -0.05) is 13.8 Å². The van der Waals surface area contributed by atoms with Gasteiger partial charge in [0.1, 0.15) is 0 Å². The van der Waals surface area contributed by atoms with Crippen molar-refractivity contribution in [2.24, 2.45) is 0 Å². The van der Waals surface area contributed by atoms with Crippen LogP contribution in [0.2, 0.25) is 0 Å². The Hall–Kier alpha value is -1.75. The molecule has 0 saturated carbocycles. The summed E-state index contributed by atoms with van der Waals surface area (Å²) in [5.41, 5.74) is 6.90. The van der Waals surface area contributed by atoms with E-state index in [4.69, 9.17) is 10.8 Å². The fourth-order valence-electron chi connectivity index (χ4n) is 2.35. The zero-order valence-electron chi connectivity index (χ0n) is 13.2. The molecule has 118 valence electrons. The molecule has 0 bridgehead atoms. The Labute approximate surface area is 127 Å². The average Bonchev–Trinajstić information content (AvgIpc) is 2.45. The summed E-state index contributed by atoms with van der Waals surface area (Å²) in [5, 5.41) is 12.4. The van der Waals surface area contributed by atoms with Gasteiger partial charge in [-0.05, 0) is 57.6 Å². The summed E-state index contributed by atoms with van der Waals surface area (Å²) in [4.78, 5) is 13.5. The number of nitrogens with zero attached hydrogens (tertiary/aromatic N) is 1. The first-order valence-corrected chi connectivity index (χ1v) is 7.59. The Morgan fingerprint density at radius 3 is 2.62 bits per heavy atom. The molecule has 1 aromatic carbocycles. The number of carboxylic acids is 1. The summed E-state index contributed by atoms with van der Waals surface area (Å²) in [7, 11) is 0. The van der Waals surface area contributed by atoms with Gasteiger partial charge >= 0.3 is 5.97 Å². The van der Waals surface area contributed by atoms with Gasteiger partial charge in [-0.3, -0.25) is 0 Å². The second kappa shape index (κ2) is 8.52. The third-order valence-corrected chi connectivity index (χ3v) is 3.70. The predicted octanol–water partition coefficient (Wildman–Crippen LogP) is 2.89. The number of rotatable bonds is 9. The van der Waals surface area contributed by atoms with Crippen LogP contribution in [-0.2, 0) is 0 Å². The van der Waals surface area contributed by atoms with Crippen LogP contribution >= 0.6 is 0 Å². The van der Waals surface area contributed by atoms with Gasteiger partial charge in [0.2, 0.25) is 0 Å². The van der Waals surface area contributed by atoms with Gasteiger partial charge in [0.15, 0.2) is 0 Å². The summed E-state index contributed by atoms with van der Waals surface area (Å²) in [6.45, 7) is 9.72. The third kappa shape index (κ3) is 5.63. The van der Waals surface area contributed by atoms with Crippen molar-refractivity contribution < 1.29 is 9.90 Å². The zero-order valence-corrected chi connectivity index (χ0v) is 13.2. The summed E-state index contributed by atoms with van der Waals surface area (Å²) in [6, 6.07) is 5.35. The van der Waals surface area contributed by atoms with E-state index in [-0.39, 0.29) is 5.56 Å². The molecule has 4 N–H and O–H groups in total. The van der Waals surface area contributed by atoms with Crippen LogP contribution in [0.25, 0.3) is 0 Å². The SMILES string of the molecule is CCN(CC)CCCC(C)Nc1ccc(N)c(C(=O)O)c1. The molecule has 0 heterocycles. The number of carboxylic acid groups (broad SMARTS) is 1. The topological polar surface area (TPSA) is 78.6 Å². The summed E-state index contributed by atoms with van der Waals surface area (Å²) in [6.07, 6.45) is 2.17. The molecule has 0 amide bonds. The fraction of sp³-hybridized carbons (Fsp3) is 0.562. The first-order valence-electron chi connectivity index (χ1n) is 7.59. The molecule has 1 unspecified atom stereocenters. The van der Waals surface area contributed by atoms with Crippen LogP contribution in [0, 0.1) is 0 Å². The van der Waals surface area contributed by atoms with Crippen molar-refractivity contribution >= 4 is 17.3 Å². The van der Waals surface area contributed by atoms with Gasteiger partial charge in [-0.25, -0.2) is 4.79 Å². The minimum Gasteiger partial charge on any atom is -0.478 e.